The number of methoxy groups -OCH3 is 1. The highest BCUT2D eigenvalue weighted by Crippen LogP contribution is 2.35. The average Bonchev–Trinajstić information content (AvgIpc) is 3.36. The minimum atomic E-state index is -0.196. The minimum absolute atomic E-state index is 0.182. The number of hydrogen-bond donors (Lipinski definition) is 1. The van der Waals surface area contributed by atoms with E-state index >= 15 is 0 Å². The van der Waals surface area contributed by atoms with Crippen molar-refractivity contribution >= 4 is 22.9 Å². The molecule has 3 aromatic carbocycles. The number of anilines is 1. The molecule has 1 fully saturated rings. The van der Waals surface area contributed by atoms with Gasteiger partial charge in [0.05, 0.1) is 19.4 Å². The molecule has 1 aromatic heterocycles. The van der Waals surface area contributed by atoms with Gasteiger partial charge in [0.1, 0.15) is 21.7 Å². The summed E-state index contributed by atoms with van der Waals surface area (Å²) in [4.78, 5) is 21.2. The van der Waals surface area contributed by atoms with E-state index in [0.29, 0.717) is 28.6 Å². The van der Waals surface area contributed by atoms with Crippen LogP contribution in [-0.2, 0) is 11.3 Å². The Morgan fingerprint density at radius 1 is 1.09 bits per heavy atom. The number of carbonyl (C=O) groups excluding carboxylic acids is 1. The van der Waals surface area contributed by atoms with E-state index in [0.717, 1.165) is 30.2 Å². The summed E-state index contributed by atoms with van der Waals surface area (Å²) in [7, 11) is 1.61. The van der Waals surface area contributed by atoms with E-state index in [1.54, 1.807) is 13.2 Å². The quantitative estimate of drug-likeness (QED) is 0.367. The number of nitrogens with zero attached hydrogens (tertiary/aromatic N) is 2. The molecule has 0 bridgehead atoms. The molecule has 1 aliphatic heterocycles. The first-order chi connectivity index (χ1) is 17.2. The fourth-order valence-electron chi connectivity index (χ4n) is 4.15. The van der Waals surface area contributed by atoms with Crippen molar-refractivity contribution in [3.8, 4) is 17.0 Å². The topological polar surface area (TPSA) is 63.7 Å². The van der Waals surface area contributed by atoms with Crippen LogP contribution in [0.3, 0.4) is 0 Å². The summed E-state index contributed by atoms with van der Waals surface area (Å²) >= 11 is 1.40. The van der Waals surface area contributed by atoms with Crippen LogP contribution in [0.15, 0.2) is 84.9 Å². The van der Waals surface area contributed by atoms with Crippen LogP contribution in [-0.4, -0.2) is 42.6 Å². The van der Waals surface area contributed by atoms with E-state index in [1.807, 2.05) is 54.6 Å². The van der Waals surface area contributed by atoms with Gasteiger partial charge in [-0.1, -0.05) is 66.7 Å². The molecular formula is C28H27N3O3S. The first kappa shape index (κ1) is 23.2. The molecule has 7 heteroatoms. The summed E-state index contributed by atoms with van der Waals surface area (Å²) < 4.78 is 11.4. The molecule has 0 spiro atoms. The van der Waals surface area contributed by atoms with E-state index < -0.39 is 0 Å². The summed E-state index contributed by atoms with van der Waals surface area (Å²) in [6, 6.07) is 27.6. The van der Waals surface area contributed by atoms with Gasteiger partial charge >= 0.3 is 0 Å². The zero-order valence-corrected chi connectivity index (χ0v) is 20.3. The maximum Gasteiger partial charge on any atom is 0.268 e. The van der Waals surface area contributed by atoms with Crippen molar-refractivity contribution < 1.29 is 14.3 Å². The molecule has 1 amide bonds. The van der Waals surface area contributed by atoms with Crippen molar-refractivity contribution in [1.29, 1.82) is 0 Å². The van der Waals surface area contributed by atoms with E-state index in [1.165, 1.54) is 16.9 Å². The van der Waals surface area contributed by atoms with Gasteiger partial charge in [0.15, 0.2) is 0 Å². The van der Waals surface area contributed by atoms with Crippen molar-refractivity contribution in [2.24, 2.45) is 0 Å². The normalized spacial score (nSPS) is 16.1. The van der Waals surface area contributed by atoms with Gasteiger partial charge in [0.25, 0.3) is 5.91 Å². The third kappa shape index (κ3) is 5.59. The number of morpholine rings is 1. The zero-order valence-electron chi connectivity index (χ0n) is 19.5. The lowest BCUT2D eigenvalue weighted by Gasteiger charge is -2.32. The van der Waals surface area contributed by atoms with E-state index in [-0.39, 0.29) is 12.0 Å². The molecule has 5 rings (SSSR count). The summed E-state index contributed by atoms with van der Waals surface area (Å²) in [5.41, 5.74) is 3.53. The van der Waals surface area contributed by atoms with Crippen LogP contribution in [0.25, 0.3) is 11.3 Å². The van der Waals surface area contributed by atoms with Gasteiger partial charge in [0, 0.05) is 37.0 Å². The second-order valence-corrected chi connectivity index (χ2v) is 9.39. The first-order valence-electron chi connectivity index (χ1n) is 11.6. The van der Waals surface area contributed by atoms with Crippen molar-refractivity contribution in [3.63, 3.8) is 0 Å². The molecule has 35 heavy (non-hydrogen) atoms. The second-order valence-electron chi connectivity index (χ2n) is 8.36. The van der Waals surface area contributed by atoms with Crippen molar-refractivity contribution in [2.45, 2.75) is 12.6 Å². The Hall–Kier alpha value is -3.52. The Morgan fingerprint density at radius 2 is 1.86 bits per heavy atom. The summed E-state index contributed by atoms with van der Waals surface area (Å²) in [6.45, 7) is 3.09. The fourth-order valence-corrected chi connectivity index (χ4v) is 5.17. The number of thiazole rings is 1. The van der Waals surface area contributed by atoms with E-state index in [4.69, 9.17) is 14.5 Å². The van der Waals surface area contributed by atoms with Gasteiger partial charge in [-0.15, -0.1) is 11.3 Å². The maximum atomic E-state index is 13.4. The molecule has 1 aliphatic rings. The van der Waals surface area contributed by atoms with Crippen LogP contribution in [0.1, 0.15) is 26.3 Å². The van der Waals surface area contributed by atoms with Gasteiger partial charge < -0.3 is 14.8 Å². The summed E-state index contributed by atoms with van der Waals surface area (Å²) in [6.07, 6.45) is -0.182. The molecule has 1 N–H and O–H groups in total. The SMILES string of the molecule is COc1cccc(NC(=O)c2sc(C3CN(Cc4ccccc4)CCO3)nc2-c2ccccc2)c1. The smallest absolute Gasteiger partial charge is 0.268 e. The van der Waals surface area contributed by atoms with Crippen LogP contribution in [0, 0.1) is 0 Å². The molecule has 1 saturated heterocycles. The van der Waals surface area contributed by atoms with E-state index in [2.05, 4.69) is 34.5 Å². The first-order valence-corrected chi connectivity index (χ1v) is 12.4. The number of hydrogen-bond acceptors (Lipinski definition) is 6. The third-order valence-electron chi connectivity index (χ3n) is 5.90. The standard InChI is InChI=1S/C28H27N3O3S/c1-33-23-14-8-13-22(17-23)29-27(32)26-25(21-11-6-3-7-12-21)30-28(35-26)24-19-31(15-16-34-24)18-20-9-4-2-5-10-20/h2-14,17,24H,15-16,18-19H2,1H3,(H,29,32). The van der Waals surface area contributed by atoms with Gasteiger partial charge in [-0.25, -0.2) is 4.98 Å². The predicted octanol–water partition coefficient (Wildman–Crippen LogP) is 5.64. The van der Waals surface area contributed by atoms with Crippen LogP contribution in [0.4, 0.5) is 5.69 Å². The van der Waals surface area contributed by atoms with Crippen LogP contribution < -0.4 is 10.1 Å². The monoisotopic (exact) mass is 485 g/mol. The molecule has 1 unspecified atom stereocenters. The fraction of sp³-hybridized carbons (Fsp3) is 0.214. The van der Waals surface area contributed by atoms with Crippen LogP contribution in [0.5, 0.6) is 5.75 Å². The highest BCUT2D eigenvalue weighted by atomic mass is 32.1. The number of ether oxygens (including phenoxy) is 2. The average molecular weight is 486 g/mol. The molecule has 4 aromatic rings. The molecule has 0 saturated carbocycles. The Balaban J connectivity index is 1.41. The number of rotatable bonds is 7. The molecular weight excluding hydrogens is 458 g/mol. The van der Waals surface area contributed by atoms with Crippen molar-refractivity contribution in [1.82, 2.24) is 9.88 Å². The Labute approximate surface area is 209 Å². The Kier molecular flexibility index (Phi) is 7.18. The van der Waals surface area contributed by atoms with Crippen LogP contribution >= 0.6 is 11.3 Å². The Bertz CT molecular complexity index is 1280. The third-order valence-corrected chi connectivity index (χ3v) is 7.05. The largest absolute Gasteiger partial charge is 0.497 e. The highest BCUT2D eigenvalue weighted by Gasteiger charge is 2.28. The lowest BCUT2D eigenvalue weighted by molar-refractivity contribution is -0.0329. The van der Waals surface area contributed by atoms with Crippen molar-refractivity contribution in [3.05, 3.63) is 100 Å². The second kappa shape index (κ2) is 10.8. The molecule has 6 nitrogen and oxygen atoms in total. The van der Waals surface area contributed by atoms with E-state index in [9.17, 15) is 4.79 Å². The number of amides is 1. The van der Waals surface area contributed by atoms with Crippen molar-refractivity contribution in [2.75, 3.05) is 32.1 Å². The molecule has 1 atom stereocenters. The number of carbonyl (C=O) groups is 1. The zero-order chi connectivity index (χ0) is 24.0. The van der Waals surface area contributed by atoms with Gasteiger partial charge in [0.2, 0.25) is 0 Å². The molecule has 178 valence electrons. The highest BCUT2D eigenvalue weighted by molar-refractivity contribution is 7.14. The lowest BCUT2D eigenvalue weighted by Crippen LogP contribution is -2.37. The van der Waals surface area contributed by atoms with Crippen LogP contribution in [0.2, 0.25) is 0 Å². The van der Waals surface area contributed by atoms with Gasteiger partial charge in [-0.05, 0) is 17.7 Å². The molecule has 0 radical (unpaired) electrons. The predicted molar refractivity (Wildman–Crippen MR) is 139 cm³/mol. The number of nitrogens with one attached hydrogen (secondary N) is 1. The van der Waals surface area contributed by atoms with Gasteiger partial charge in [-0.2, -0.15) is 0 Å². The Morgan fingerprint density at radius 3 is 2.63 bits per heavy atom. The maximum absolute atomic E-state index is 13.4. The summed E-state index contributed by atoms with van der Waals surface area (Å²) in [5, 5.41) is 3.82. The minimum Gasteiger partial charge on any atom is -0.497 e. The van der Waals surface area contributed by atoms with Gasteiger partial charge in [-0.3, -0.25) is 9.69 Å². The summed E-state index contributed by atoms with van der Waals surface area (Å²) in [5.74, 6) is 0.489. The number of aromatic nitrogens is 1. The number of benzene rings is 3. The molecule has 0 aliphatic carbocycles. The lowest BCUT2D eigenvalue weighted by atomic mass is 10.1. The molecule has 2 heterocycles.